The van der Waals surface area contributed by atoms with Crippen LogP contribution in [-0.2, 0) is 0 Å². The molecule has 1 unspecified atom stereocenters. The molecule has 0 aliphatic rings. The molecule has 0 heterocycles. The zero-order valence-corrected chi connectivity index (χ0v) is 11.3. The maximum Gasteiger partial charge on any atom is 0.137 e. The van der Waals surface area contributed by atoms with Gasteiger partial charge >= 0.3 is 0 Å². The largest absolute Gasteiger partial charge is 0.309 e. The molecule has 0 aliphatic heterocycles. The van der Waals surface area contributed by atoms with Gasteiger partial charge in [0, 0.05) is 5.56 Å². The van der Waals surface area contributed by atoms with Gasteiger partial charge in [-0.3, -0.25) is 0 Å². The predicted molar refractivity (Wildman–Crippen MR) is 71.4 cm³/mol. The molecule has 0 saturated heterocycles. The van der Waals surface area contributed by atoms with Crippen LogP contribution in [0, 0.1) is 11.6 Å². The fourth-order valence-corrected chi connectivity index (χ4v) is 2.22. The first kappa shape index (κ1) is 13.2. The van der Waals surface area contributed by atoms with E-state index >= 15 is 0 Å². The maximum absolute atomic E-state index is 13.9. The number of halogens is 3. The van der Waals surface area contributed by atoms with E-state index in [1.54, 1.807) is 7.05 Å². The molecule has 0 bridgehead atoms. The van der Waals surface area contributed by atoms with Crippen LogP contribution in [0.25, 0.3) is 0 Å². The van der Waals surface area contributed by atoms with Gasteiger partial charge in [0.1, 0.15) is 11.6 Å². The number of benzene rings is 2. The highest BCUT2D eigenvalue weighted by Crippen LogP contribution is 2.28. The molecule has 0 fully saturated rings. The van der Waals surface area contributed by atoms with Crippen molar-refractivity contribution >= 4 is 15.9 Å². The van der Waals surface area contributed by atoms with Crippen LogP contribution in [0.3, 0.4) is 0 Å². The Hall–Kier alpha value is -1.26. The standard InChI is InChI=1S/C14H12BrF2N/c1-18-14(9-5-3-2-4-6-9)10-7-13(17)11(15)8-12(10)16/h2-8,14,18H,1H3. The zero-order chi connectivity index (χ0) is 13.1. The number of hydrogen-bond donors (Lipinski definition) is 1. The molecule has 1 atom stereocenters. The summed E-state index contributed by atoms with van der Waals surface area (Å²) >= 11 is 2.97. The van der Waals surface area contributed by atoms with Crippen molar-refractivity contribution in [2.24, 2.45) is 0 Å². The Kier molecular flexibility index (Phi) is 4.09. The van der Waals surface area contributed by atoms with E-state index in [1.165, 1.54) is 6.07 Å². The summed E-state index contributed by atoms with van der Waals surface area (Å²) in [6, 6.07) is 11.4. The lowest BCUT2D eigenvalue weighted by molar-refractivity contribution is 0.555. The van der Waals surface area contributed by atoms with E-state index in [2.05, 4.69) is 21.2 Å². The smallest absolute Gasteiger partial charge is 0.137 e. The van der Waals surface area contributed by atoms with E-state index in [-0.39, 0.29) is 10.5 Å². The molecule has 1 N–H and O–H groups in total. The SMILES string of the molecule is CNC(c1ccccc1)c1cc(F)c(Br)cc1F. The molecular weight excluding hydrogens is 300 g/mol. The second-order valence-corrected chi connectivity index (χ2v) is 4.77. The van der Waals surface area contributed by atoms with Gasteiger partial charge in [-0.2, -0.15) is 0 Å². The highest BCUT2D eigenvalue weighted by Gasteiger charge is 2.18. The summed E-state index contributed by atoms with van der Waals surface area (Å²) in [5.74, 6) is -0.908. The fraction of sp³-hybridized carbons (Fsp3) is 0.143. The van der Waals surface area contributed by atoms with Gasteiger partial charge in [-0.1, -0.05) is 30.3 Å². The summed E-state index contributed by atoms with van der Waals surface area (Å²) in [6.45, 7) is 0. The number of rotatable bonds is 3. The summed E-state index contributed by atoms with van der Waals surface area (Å²) in [7, 11) is 1.72. The van der Waals surface area contributed by atoms with Crippen molar-refractivity contribution in [3.05, 3.63) is 69.7 Å². The van der Waals surface area contributed by atoms with Crippen molar-refractivity contribution in [2.45, 2.75) is 6.04 Å². The number of nitrogens with one attached hydrogen (secondary N) is 1. The fourth-order valence-electron chi connectivity index (χ4n) is 1.91. The molecule has 2 rings (SSSR count). The molecular formula is C14H12BrF2N. The van der Waals surface area contributed by atoms with Crippen molar-refractivity contribution in [2.75, 3.05) is 7.05 Å². The van der Waals surface area contributed by atoms with E-state index in [0.29, 0.717) is 5.56 Å². The first-order chi connectivity index (χ1) is 8.63. The lowest BCUT2D eigenvalue weighted by atomic mass is 9.98. The van der Waals surface area contributed by atoms with Crippen LogP contribution in [0.5, 0.6) is 0 Å². The van der Waals surface area contributed by atoms with Crippen LogP contribution in [0.1, 0.15) is 17.2 Å². The molecule has 1 nitrogen and oxygen atoms in total. The van der Waals surface area contributed by atoms with E-state index in [0.717, 1.165) is 11.6 Å². The van der Waals surface area contributed by atoms with Gasteiger partial charge in [0.05, 0.1) is 10.5 Å². The minimum atomic E-state index is -0.470. The third-order valence-corrected chi connectivity index (χ3v) is 3.38. The second kappa shape index (κ2) is 5.59. The van der Waals surface area contributed by atoms with E-state index in [1.807, 2.05) is 30.3 Å². The van der Waals surface area contributed by atoms with Crippen LogP contribution >= 0.6 is 15.9 Å². The summed E-state index contributed by atoms with van der Waals surface area (Å²) in [6.07, 6.45) is 0. The Labute approximate surface area is 113 Å². The molecule has 2 aromatic carbocycles. The van der Waals surface area contributed by atoms with Crippen molar-refractivity contribution in [3.63, 3.8) is 0 Å². The lowest BCUT2D eigenvalue weighted by Gasteiger charge is -2.18. The molecule has 0 aliphatic carbocycles. The molecule has 2 aromatic rings. The molecule has 0 radical (unpaired) electrons. The highest BCUT2D eigenvalue weighted by atomic mass is 79.9. The third kappa shape index (κ3) is 2.60. The zero-order valence-electron chi connectivity index (χ0n) is 9.75. The predicted octanol–water partition coefficient (Wildman–Crippen LogP) is 4.04. The van der Waals surface area contributed by atoms with Gasteiger partial charge < -0.3 is 5.32 Å². The molecule has 18 heavy (non-hydrogen) atoms. The van der Waals surface area contributed by atoms with Crippen LogP contribution in [-0.4, -0.2) is 7.05 Å². The van der Waals surface area contributed by atoms with Crippen LogP contribution in [0.15, 0.2) is 46.9 Å². The average Bonchev–Trinajstić information content (AvgIpc) is 2.38. The first-order valence-corrected chi connectivity index (χ1v) is 6.29. The van der Waals surface area contributed by atoms with Crippen molar-refractivity contribution < 1.29 is 8.78 Å². The Morgan fingerprint density at radius 2 is 1.72 bits per heavy atom. The Morgan fingerprint density at radius 3 is 2.33 bits per heavy atom. The molecule has 94 valence electrons. The maximum atomic E-state index is 13.9. The van der Waals surface area contributed by atoms with E-state index in [9.17, 15) is 8.78 Å². The van der Waals surface area contributed by atoms with Crippen molar-refractivity contribution in [1.82, 2.24) is 5.32 Å². The van der Waals surface area contributed by atoms with Crippen LogP contribution in [0.4, 0.5) is 8.78 Å². The van der Waals surface area contributed by atoms with E-state index < -0.39 is 11.6 Å². The van der Waals surface area contributed by atoms with Gasteiger partial charge in [0.2, 0.25) is 0 Å². The first-order valence-electron chi connectivity index (χ1n) is 5.50. The minimum Gasteiger partial charge on any atom is -0.309 e. The Morgan fingerprint density at radius 1 is 1.06 bits per heavy atom. The summed E-state index contributed by atoms with van der Waals surface area (Å²) in [5.41, 5.74) is 1.19. The van der Waals surface area contributed by atoms with E-state index in [4.69, 9.17) is 0 Å². The quantitative estimate of drug-likeness (QED) is 0.844. The molecule has 4 heteroatoms. The van der Waals surface area contributed by atoms with Crippen molar-refractivity contribution in [3.8, 4) is 0 Å². The summed E-state index contributed by atoms with van der Waals surface area (Å²) in [5, 5.41) is 3.00. The van der Waals surface area contributed by atoms with Gasteiger partial charge in [-0.05, 0) is 40.7 Å². The molecule has 0 spiro atoms. The summed E-state index contributed by atoms with van der Waals surface area (Å²) < 4.78 is 27.6. The molecule has 0 aromatic heterocycles. The van der Waals surface area contributed by atoms with Crippen LogP contribution < -0.4 is 5.32 Å². The monoisotopic (exact) mass is 311 g/mol. The third-order valence-electron chi connectivity index (χ3n) is 2.77. The topological polar surface area (TPSA) is 12.0 Å². The number of hydrogen-bond acceptors (Lipinski definition) is 1. The van der Waals surface area contributed by atoms with Gasteiger partial charge in [0.25, 0.3) is 0 Å². The minimum absolute atomic E-state index is 0.131. The lowest BCUT2D eigenvalue weighted by Crippen LogP contribution is -2.19. The molecule has 0 saturated carbocycles. The van der Waals surface area contributed by atoms with Gasteiger partial charge in [-0.25, -0.2) is 8.78 Å². The second-order valence-electron chi connectivity index (χ2n) is 3.92. The molecule has 0 amide bonds. The normalized spacial score (nSPS) is 12.4. The summed E-state index contributed by atoms with van der Waals surface area (Å²) in [4.78, 5) is 0. The Bertz CT molecular complexity index is 543. The average molecular weight is 312 g/mol. The van der Waals surface area contributed by atoms with Gasteiger partial charge in [-0.15, -0.1) is 0 Å². The highest BCUT2D eigenvalue weighted by molar-refractivity contribution is 9.10. The van der Waals surface area contributed by atoms with Gasteiger partial charge in [0.15, 0.2) is 0 Å². The van der Waals surface area contributed by atoms with Crippen molar-refractivity contribution in [1.29, 1.82) is 0 Å². The Balaban J connectivity index is 2.49. The van der Waals surface area contributed by atoms with Crippen LogP contribution in [0.2, 0.25) is 0 Å².